The SMILES string of the molecule is COC1(C(=O)N2CC(=O)NCCCc3ccc(F)c(c3)C(=O)N3CCC[C@H]3C(=O)N[C@H](C(C)C)C2)CCNCC1. The molecule has 3 aliphatic heterocycles. The quantitative estimate of drug-likeness (QED) is 0.513. The fraction of sp³-hybridized carbons (Fsp3) is 0.655. The van der Waals surface area contributed by atoms with Gasteiger partial charge in [0.2, 0.25) is 11.8 Å². The van der Waals surface area contributed by atoms with Gasteiger partial charge in [-0.05, 0) is 75.2 Å². The van der Waals surface area contributed by atoms with Gasteiger partial charge in [0.25, 0.3) is 11.8 Å². The van der Waals surface area contributed by atoms with Crippen molar-refractivity contribution in [3.8, 4) is 0 Å². The molecule has 3 heterocycles. The number of hydrogen-bond donors (Lipinski definition) is 3. The Kier molecular flexibility index (Phi) is 9.78. The number of methoxy groups -OCH3 is 1. The van der Waals surface area contributed by atoms with E-state index in [-0.39, 0.29) is 42.3 Å². The fourth-order valence-corrected chi connectivity index (χ4v) is 5.86. The fourth-order valence-electron chi connectivity index (χ4n) is 5.86. The molecule has 2 saturated heterocycles. The van der Waals surface area contributed by atoms with E-state index in [1.165, 1.54) is 23.0 Å². The van der Waals surface area contributed by atoms with E-state index in [0.29, 0.717) is 64.7 Å². The Morgan fingerprint density at radius 2 is 1.88 bits per heavy atom. The Labute approximate surface area is 235 Å². The van der Waals surface area contributed by atoms with Crippen molar-refractivity contribution in [2.24, 2.45) is 5.92 Å². The van der Waals surface area contributed by atoms with Gasteiger partial charge in [-0.25, -0.2) is 4.39 Å². The van der Waals surface area contributed by atoms with Crippen LogP contribution in [0.3, 0.4) is 0 Å². The lowest BCUT2D eigenvalue weighted by Gasteiger charge is -2.40. The van der Waals surface area contributed by atoms with Gasteiger partial charge in [-0.2, -0.15) is 0 Å². The molecule has 10 nitrogen and oxygen atoms in total. The molecule has 1 aromatic rings. The molecular formula is C29H42FN5O5. The summed E-state index contributed by atoms with van der Waals surface area (Å²) in [6.45, 7) is 5.79. The smallest absolute Gasteiger partial charge is 0.257 e. The van der Waals surface area contributed by atoms with Crippen LogP contribution in [0.25, 0.3) is 0 Å². The molecule has 4 rings (SSSR count). The normalized spacial score (nSPS) is 24.8. The second-order valence-electron chi connectivity index (χ2n) is 11.4. The minimum absolute atomic E-state index is 0.0467. The van der Waals surface area contributed by atoms with Crippen LogP contribution in [0.15, 0.2) is 18.2 Å². The maximum atomic E-state index is 14.8. The Balaban J connectivity index is 1.65. The van der Waals surface area contributed by atoms with Crippen molar-refractivity contribution in [2.45, 2.75) is 70.1 Å². The van der Waals surface area contributed by atoms with Crippen LogP contribution in [0.5, 0.6) is 0 Å². The number of nitrogens with one attached hydrogen (secondary N) is 3. The number of nitrogens with zero attached hydrogens (tertiary/aromatic N) is 2. The van der Waals surface area contributed by atoms with E-state index in [4.69, 9.17) is 4.74 Å². The first kappa shape index (κ1) is 29.9. The maximum absolute atomic E-state index is 14.8. The van der Waals surface area contributed by atoms with E-state index in [1.54, 1.807) is 12.1 Å². The van der Waals surface area contributed by atoms with E-state index >= 15 is 0 Å². The number of ether oxygens (including phenoxy) is 1. The minimum atomic E-state index is -1.04. The van der Waals surface area contributed by atoms with Crippen LogP contribution in [0.4, 0.5) is 4.39 Å². The summed E-state index contributed by atoms with van der Waals surface area (Å²) < 4.78 is 20.5. The summed E-state index contributed by atoms with van der Waals surface area (Å²) in [5, 5.41) is 9.18. The molecule has 0 radical (unpaired) electrons. The molecule has 0 aromatic heterocycles. The van der Waals surface area contributed by atoms with Gasteiger partial charge >= 0.3 is 0 Å². The summed E-state index contributed by atoms with van der Waals surface area (Å²) in [5.74, 6) is -2.11. The number of halogens is 1. The van der Waals surface area contributed by atoms with Crippen LogP contribution in [-0.4, -0.2) is 97.5 Å². The lowest BCUT2D eigenvalue weighted by Crippen LogP contribution is -2.60. The van der Waals surface area contributed by atoms with E-state index in [0.717, 1.165) is 5.56 Å². The van der Waals surface area contributed by atoms with Crippen molar-refractivity contribution in [3.05, 3.63) is 35.1 Å². The first-order valence-corrected chi connectivity index (χ1v) is 14.4. The zero-order chi connectivity index (χ0) is 28.9. The van der Waals surface area contributed by atoms with E-state index in [2.05, 4.69) is 16.0 Å². The molecule has 2 atom stereocenters. The number of piperidine rings is 1. The predicted octanol–water partition coefficient (Wildman–Crippen LogP) is 1.23. The molecule has 0 saturated carbocycles. The van der Waals surface area contributed by atoms with Crippen LogP contribution in [-0.2, 0) is 25.5 Å². The number of rotatable bonds is 3. The zero-order valence-electron chi connectivity index (χ0n) is 23.8. The average molecular weight is 560 g/mol. The Hall–Kier alpha value is -3.05. The molecule has 0 aliphatic carbocycles. The van der Waals surface area contributed by atoms with Crippen LogP contribution >= 0.6 is 0 Å². The Morgan fingerprint density at radius 1 is 1.12 bits per heavy atom. The Bertz CT molecular complexity index is 1110. The van der Waals surface area contributed by atoms with Gasteiger partial charge in [-0.3, -0.25) is 19.2 Å². The van der Waals surface area contributed by atoms with Crippen LogP contribution in [0, 0.1) is 11.7 Å². The number of amides is 4. The van der Waals surface area contributed by atoms with Gasteiger partial charge < -0.3 is 30.5 Å². The topological polar surface area (TPSA) is 120 Å². The average Bonchev–Trinajstić information content (AvgIpc) is 3.44. The zero-order valence-corrected chi connectivity index (χ0v) is 23.8. The molecule has 4 amide bonds. The van der Waals surface area contributed by atoms with Crippen molar-refractivity contribution >= 4 is 23.6 Å². The number of carbonyl (C=O) groups excluding carboxylic acids is 4. The molecule has 1 aromatic carbocycles. The third-order valence-electron chi connectivity index (χ3n) is 8.40. The molecule has 220 valence electrons. The summed E-state index contributed by atoms with van der Waals surface area (Å²) in [4.78, 5) is 56.9. The standard InChI is InChI=1S/C29H42FN5O5/c1-19(2)23-17-34(28(39)29(40-3)10-13-31-14-11-29)18-25(36)32-12-4-6-20-8-9-22(30)21(16-20)27(38)35-15-5-7-24(35)26(37)33-23/h8-9,16,19,23-24,31H,4-7,10-15,17-18H2,1-3H3,(H,32,36)(H,33,37)/t23-,24-/m0/s1. The molecule has 40 heavy (non-hydrogen) atoms. The first-order chi connectivity index (χ1) is 19.1. The molecule has 2 bridgehead atoms. The van der Waals surface area contributed by atoms with Crippen LogP contribution < -0.4 is 16.0 Å². The minimum Gasteiger partial charge on any atom is -0.368 e. The molecule has 3 N–H and O–H groups in total. The Morgan fingerprint density at radius 3 is 2.58 bits per heavy atom. The maximum Gasteiger partial charge on any atom is 0.257 e. The second-order valence-corrected chi connectivity index (χ2v) is 11.4. The predicted molar refractivity (Wildman–Crippen MR) is 147 cm³/mol. The number of benzene rings is 1. The third kappa shape index (κ3) is 6.63. The van der Waals surface area contributed by atoms with Gasteiger partial charge in [0, 0.05) is 32.8 Å². The monoisotopic (exact) mass is 559 g/mol. The lowest BCUT2D eigenvalue weighted by molar-refractivity contribution is -0.160. The summed E-state index contributed by atoms with van der Waals surface area (Å²) in [5.41, 5.74) is -0.318. The van der Waals surface area contributed by atoms with E-state index < -0.39 is 29.4 Å². The highest BCUT2D eigenvalue weighted by molar-refractivity contribution is 5.98. The first-order valence-electron chi connectivity index (χ1n) is 14.4. The largest absolute Gasteiger partial charge is 0.368 e. The van der Waals surface area contributed by atoms with Crippen molar-refractivity contribution in [1.82, 2.24) is 25.8 Å². The molecule has 0 spiro atoms. The van der Waals surface area contributed by atoms with Crippen molar-refractivity contribution in [2.75, 3.05) is 46.4 Å². The van der Waals surface area contributed by atoms with E-state index in [1.807, 2.05) is 13.8 Å². The van der Waals surface area contributed by atoms with Crippen molar-refractivity contribution in [3.63, 3.8) is 0 Å². The molecule has 0 unspecified atom stereocenters. The van der Waals surface area contributed by atoms with E-state index in [9.17, 15) is 23.6 Å². The van der Waals surface area contributed by atoms with Gasteiger partial charge in [-0.15, -0.1) is 0 Å². The molecule has 11 heteroatoms. The summed E-state index contributed by atoms with van der Waals surface area (Å²) >= 11 is 0. The second kappa shape index (κ2) is 13.1. The summed E-state index contributed by atoms with van der Waals surface area (Å²) in [6.07, 6.45) is 3.16. The van der Waals surface area contributed by atoms with Gasteiger partial charge in [0.05, 0.1) is 12.1 Å². The molecule has 3 aliphatic rings. The van der Waals surface area contributed by atoms with Gasteiger partial charge in [-0.1, -0.05) is 19.9 Å². The van der Waals surface area contributed by atoms with Crippen LogP contribution in [0.1, 0.15) is 61.9 Å². The third-order valence-corrected chi connectivity index (χ3v) is 8.40. The number of carbonyl (C=O) groups is 4. The number of aryl methyl sites for hydroxylation is 1. The highest BCUT2D eigenvalue weighted by atomic mass is 19.1. The summed E-state index contributed by atoms with van der Waals surface area (Å²) in [6, 6.07) is 3.24. The number of fused-ring (bicyclic) bond motifs is 3. The van der Waals surface area contributed by atoms with Gasteiger partial charge in [0.1, 0.15) is 17.5 Å². The van der Waals surface area contributed by atoms with Crippen molar-refractivity contribution in [1.29, 1.82) is 0 Å². The van der Waals surface area contributed by atoms with Gasteiger partial charge in [0.15, 0.2) is 0 Å². The van der Waals surface area contributed by atoms with Crippen molar-refractivity contribution < 1.29 is 28.3 Å². The number of hydrogen-bond acceptors (Lipinski definition) is 6. The lowest BCUT2D eigenvalue weighted by atomic mass is 9.90. The molecule has 2 fully saturated rings. The highest BCUT2D eigenvalue weighted by Gasteiger charge is 2.44. The highest BCUT2D eigenvalue weighted by Crippen LogP contribution is 2.27. The summed E-state index contributed by atoms with van der Waals surface area (Å²) in [7, 11) is 1.52. The molecular weight excluding hydrogens is 517 g/mol. The van der Waals surface area contributed by atoms with Crippen LogP contribution in [0.2, 0.25) is 0 Å².